The van der Waals surface area contributed by atoms with Crippen LogP contribution < -0.4 is 10.2 Å². The number of ether oxygens (including phenoxy) is 1. The minimum absolute atomic E-state index is 0.0926. The lowest BCUT2D eigenvalue weighted by Crippen LogP contribution is -2.05. The van der Waals surface area contributed by atoms with Gasteiger partial charge in [-0.2, -0.15) is 18.3 Å². The molecule has 5 nitrogen and oxygen atoms in total. The summed E-state index contributed by atoms with van der Waals surface area (Å²) in [4.78, 5) is 3.62. The van der Waals surface area contributed by atoms with Crippen LogP contribution in [0.25, 0.3) is 0 Å². The Labute approximate surface area is 140 Å². The highest BCUT2D eigenvalue weighted by molar-refractivity contribution is 6.32. The molecule has 0 aliphatic carbocycles. The molecule has 24 heavy (non-hydrogen) atoms. The number of rotatable bonds is 5. The largest absolute Gasteiger partial charge is 0.503 e. The number of nitrogens with one attached hydrogen (secondary N) is 1. The van der Waals surface area contributed by atoms with E-state index in [9.17, 15) is 18.3 Å². The average Bonchev–Trinajstić information content (AvgIpc) is 2.52. The minimum atomic E-state index is -4.44. The molecule has 0 fully saturated rings. The van der Waals surface area contributed by atoms with Gasteiger partial charge in [-0.25, -0.2) is 4.98 Å². The molecule has 9 heteroatoms. The first-order valence-electron chi connectivity index (χ1n) is 6.79. The Balaban J connectivity index is 2.09. The number of phenols is 1. The lowest BCUT2D eigenvalue weighted by molar-refractivity contribution is -0.137. The van der Waals surface area contributed by atoms with Crippen LogP contribution in [0.2, 0.25) is 5.02 Å². The van der Waals surface area contributed by atoms with Crippen LogP contribution in [0.5, 0.6) is 11.5 Å². The van der Waals surface area contributed by atoms with Crippen molar-refractivity contribution in [2.75, 3.05) is 12.0 Å². The Morgan fingerprint density at radius 2 is 2.12 bits per heavy atom. The van der Waals surface area contributed by atoms with Crippen LogP contribution in [0, 0.1) is 0 Å². The maximum atomic E-state index is 12.4. The summed E-state index contributed by atoms with van der Waals surface area (Å²) in [6.45, 7) is 2.10. The van der Waals surface area contributed by atoms with Gasteiger partial charge in [-0.3, -0.25) is 5.43 Å². The second-order valence-corrected chi connectivity index (χ2v) is 4.99. The molecule has 0 radical (unpaired) electrons. The molecule has 0 unspecified atom stereocenters. The summed E-state index contributed by atoms with van der Waals surface area (Å²) in [6, 6.07) is 5.05. The molecule has 1 aromatic carbocycles. The molecule has 0 saturated heterocycles. The lowest BCUT2D eigenvalue weighted by atomic mass is 10.2. The van der Waals surface area contributed by atoms with Gasteiger partial charge in [0, 0.05) is 6.20 Å². The van der Waals surface area contributed by atoms with Crippen molar-refractivity contribution in [1.82, 2.24) is 4.98 Å². The number of alkyl halides is 3. The van der Waals surface area contributed by atoms with Crippen molar-refractivity contribution in [1.29, 1.82) is 0 Å². The van der Waals surface area contributed by atoms with Gasteiger partial charge >= 0.3 is 6.18 Å². The third-order valence-corrected chi connectivity index (χ3v) is 3.12. The molecule has 0 aliphatic rings. The third-order valence-electron chi connectivity index (χ3n) is 2.83. The molecule has 128 valence electrons. The van der Waals surface area contributed by atoms with Crippen molar-refractivity contribution >= 4 is 23.6 Å². The van der Waals surface area contributed by atoms with E-state index in [2.05, 4.69) is 15.5 Å². The first-order chi connectivity index (χ1) is 11.3. The van der Waals surface area contributed by atoms with Gasteiger partial charge in [0.25, 0.3) is 0 Å². The summed E-state index contributed by atoms with van der Waals surface area (Å²) >= 11 is 5.88. The van der Waals surface area contributed by atoms with Gasteiger partial charge in [0.2, 0.25) is 0 Å². The van der Waals surface area contributed by atoms with E-state index in [0.29, 0.717) is 18.4 Å². The second kappa shape index (κ2) is 7.39. The van der Waals surface area contributed by atoms with Crippen LogP contribution in [0.1, 0.15) is 18.1 Å². The molecule has 2 rings (SSSR count). The summed E-state index contributed by atoms with van der Waals surface area (Å²) in [5, 5.41) is 13.7. The van der Waals surface area contributed by atoms with Gasteiger partial charge in [-0.05, 0) is 36.8 Å². The molecule has 0 saturated carbocycles. The molecule has 2 N–H and O–H groups in total. The highest BCUT2D eigenvalue weighted by Crippen LogP contribution is 2.34. The fraction of sp³-hybridized carbons (Fsp3) is 0.200. The Hall–Kier alpha value is -2.48. The van der Waals surface area contributed by atoms with E-state index in [0.717, 1.165) is 12.1 Å². The van der Waals surface area contributed by atoms with Crippen LogP contribution in [0.3, 0.4) is 0 Å². The number of anilines is 1. The number of aromatic nitrogens is 1. The van der Waals surface area contributed by atoms with Crippen molar-refractivity contribution in [3.8, 4) is 11.5 Å². The third kappa shape index (κ3) is 4.51. The molecule has 0 spiro atoms. The summed E-state index contributed by atoms with van der Waals surface area (Å²) in [6.07, 6.45) is -2.36. The minimum Gasteiger partial charge on any atom is -0.503 e. The maximum absolute atomic E-state index is 12.4. The molecule has 0 aliphatic heterocycles. The van der Waals surface area contributed by atoms with E-state index in [1.54, 1.807) is 6.92 Å². The first kappa shape index (κ1) is 17.9. The number of aromatic hydroxyl groups is 1. The number of nitrogens with zero attached hydrogens (tertiary/aromatic N) is 2. The number of hydrazone groups is 1. The van der Waals surface area contributed by atoms with Gasteiger partial charge in [0.1, 0.15) is 5.82 Å². The van der Waals surface area contributed by atoms with Gasteiger partial charge in [0.05, 0.1) is 23.4 Å². The van der Waals surface area contributed by atoms with Gasteiger partial charge in [0.15, 0.2) is 11.5 Å². The molecule has 1 aromatic heterocycles. The average molecular weight is 360 g/mol. The summed E-state index contributed by atoms with van der Waals surface area (Å²) in [5.74, 6) is 0.182. The smallest absolute Gasteiger partial charge is 0.417 e. The van der Waals surface area contributed by atoms with Crippen molar-refractivity contribution in [3.05, 3.63) is 46.6 Å². The molecular weight excluding hydrogens is 347 g/mol. The predicted octanol–water partition coefficient (Wildman–Crippen LogP) is 4.30. The fourth-order valence-electron chi connectivity index (χ4n) is 1.73. The Morgan fingerprint density at radius 3 is 2.71 bits per heavy atom. The number of hydrogen-bond acceptors (Lipinski definition) is 5. The topological polar surface area (TPSA) is 66.7 Å². The van der Waals surface area contributed by atoms with E-state index in [-0.39, 0.29) is 22.3 Å². The predicted molar refractivity (Wildman–Crippen MR) is 84.7 cm³/mol. The van der Waals surface area contributed by atoms with E-state index >= 15 is 0 Å². The van der Waals surface area contributed by atoms with Gasteiger partial charge in [-0.15, -0.1) is 0 Å². The Kier molecular flexibility index (Phi) is 5.50. The maximum Gasteiger partial charge on any atom is 0.417 e. The van der Waals surface area contributed by atoms with Crippen molar-refractivity contribution < 1.29 is 23.0 Å². The number of hydrogen-bond donors (Lipinski definition) is 2. The Morgan fingerprint density at radius 1 is 1.38 bits per heavy atom. The first-order valence-corrected chi connectivity index (χ1v) is 7.16. The molecular formula is C15H13ClF3N3O2. The fourth-order valence-corrected chi connectivity index (χ4v) is 1.95. The van der Waals surface area contributed by atoms with Crippen LogP contribution in [-0.2, 0) is 6.18 Å². The molecule has 0 atom stereocenters. The van der Waals surface area contributed by atoms with Crippen molar-refractivity contribution in [2.24, 2.45) is 5.10 Å². The zero-order chi connectivity index (χ0) is 17.7. The van der Waals surface area contributed by atoms with Gasteiger partial charge < -0.3 is 9.84 Å². The van der Waals surface area contributed by atoms with E-state index in [1.807, 2.05) is 0 Å². The van der Waals surface area contributed by atoms with E-state index in [4.69, 9.17) is 16.3 Å². The zero-order valence-corrected chi connectivity index (χ0v) is 13.2. The standard InChI is InChI=1S/C15H13ClF3N3O2/c1-2-24-12-6-9(5-11(16)14(12)23)7-21-22-13-4-3-10(8-20-13)15(17,18)19/h3-8,23H,2H2,1H3,(H,20,22)/b21-7-. The van der Waals surface area contributed by atoms with Crippen LogP contribution in [0.15, 0.2) is 35.6 Å². The number of phenolic OH excluding ortho intramolecular Hbond substituents is 1. The second-order valence-electron chi connectivity index (χ2n) is 4.58. The number of benzene rings is 1. The van der Waals surface area contributed by atoms with Crippen LogP contribution in [-0.4, -0.2) is 22.9 Å². The lowest BCUT2D eigenvalue weighted by Gasteiger charge is -2.08. The summed E-state index contributed by atoms with van der Waals surface area (Å²) < 4.78 is 42.5. The number of pyridine rings is 1. The van der Waals surface area contributed by atoms with Crippen molar-refractivity contribution in [2.45, 2.75) is 13.1 Å². The normalized spacial score (nSPS) is 11.7. The van der Waals surface area contributed by atoms with Crippen LogP contribution in [0.4, 0.5) is 19.0 Å². The summed E-state index contributed by atoms with van der Waals surface area (Å²) in [5.41, 5.74) is 2.19. The van der Waals surface area contributed by atoms with Gasteiger partial charge in [-0.1, -0.05) is 11.6 Å². The molecule has 1 heterocycles. The van der Waals surface area contributed by atoms with Crippen molar-refractivity contribution in [3.63, 3.8) is 0 Å². The quantitative estimate of drug-likeness (QED) is 0.617. The number of halogens is 4. The molecule has 2 aromatic rings. The highest BCUT2D eigenvalue weighted by atomic mass is 35.5. The molecule has 0 bridgehead atoms. The SMILES string of the molecule is CCOc1cc(/C=N\Nc2ccc(C(F)(F)F)cn2)cc(Cl)c1O. The Bertz CT molecular complexity index is 734. The zero-order valence-electron chi connectivity index (χ0n) is 12.4. The highest BCUT2D eigenvalue weighted by Gasteiger charge is 2.30. The van der Waals surface area contributed by atoms with E-state index in [1.165, 1.54) is 18.3 Å². The molecule has 0 amide bonds. The van der Waals surface area contributed by atoms with Crippen LogP contribution >= 0.6 is 11.6 Å². The summed E-state index contributed by atoms with van der Waals surface area (Å²) in [7, 11) is 0. The van der Waals surface area contributed by atoms with E-state index < -0.39 is 11.7 Å². The monoisotopic (exact) mass is 359 g/mol.